The van der Waals surface area contributed by atoms with Crippen molar-refractivity contribution in [1.29, 1.82) is 0 Å². The van der Waals surface area contributed by atoms with Gasteiger partial charge in [0.2, 0.25) is 0 Å². The SMILES string of the molecule is COc1ccc(Cl)cc1NC(=O)Nc1nn(Cc2cccc(C)c2)cc1Br. The van der Waals surface area contributed by atoms with Crippen molar-refractivity contribution in [1.82, 2.24) is 9.78 Å². The number of benzene rings is 2. The van der Waals surface area contributed by atoms with Crippen LogP contribution >= 0.6 is 27.5 Å². The van der Waals surface area contributed by atoms with E-state index in [1.54, 1.807) is 22.9 Å². The summed E-state index contributed by atoms with van der Waals surface area (Å²) in [6.07, 6.45) is 1.82. The Hall–Kier alpha value is -2.51. The van der Waals surface area contributed by atoms with Gasteiger partial charge < -0.3 is 10.1 Å². The van der Waals surface area contributed by atoms with Gasteiger partial charge in [0.05, 0.1) is 23.8 Å². The van der Waals surface area contributed by atoms with Crippen LogP contribution in [0.2, 0.25) is 5.02 Å². The zero-order valence-electron chi connectivity index (χ0n) is 14.8. The summed E-state index contributed by atoms with van der Waals surface area (Å²) < 4.78 is 7.67. The normalized spacial score (nSPS) is 10.5. The number of rotatable bonds is 5. The van der Waals surface area contributed by atoms with E-state index in [1.165, 1.54) is 12.7 Å². The summed E-state index contributed by atoms with van der Waals surface area (Å²) in [5.41, 5.74) is 2.79. The van der Waals surface area contributed by atoms with Crippen LogP contribution in [0.4, 0.5) is 16.3 Å². The maximum atomic E-state index is 12.3. The van der Waals surface area contributed by atoms with E-state index in [0.29, 0.717) is 33.3 Å². The molecule has 140 valence electrons. The minimum atomic E-state index is -0.447. The minimum Gasteiger partial charge on any atom is -0.495 e. The number of carbonyl (C=O) groups excluding carboxylic acids is 1. The van der Waals surface area contributed by atoms with Crippen LogP contribution in [0.5, 0.6) is 5.75 Å². The van der Waals surface area contributed by atoms with Crippen LogP contribution in [0, 0.1) is 6.92 Å². The number of nitrogens with one attached hydrogen (secondary N) is 2. The number of nitrogens with zero attached hydrogens (tertiary/aromatic N) is 2. The second-order valence-corrected chi connectivity index (χ2v) is 7.23. The van der Waals surface area contributed by atoms with E-state index < -0.39 is 6.03 Å². The summed E-state index contributed by atoms with van der Waals surface area (Å²) in [5, 5.41) is 10.3. The predicted octanol–water partition coefficient (Wildman–Crippen LogP) is 5.31. The molecule has 0 unspecified atom stereocenters. The van der Waals surface area contributed by atoms with E-state index in [-0.39, 0.29) is 0 Å². The molecule has 0 aliphatic carbocycles. The number of hydrogen-bond donors (Lipinski definition) is 2. The van der Waals surface area contributed by atoms with Gasteiger partial charge in [-0.25, -0.2) is 4.79 Å². The summed E-state index contributed by atoms with van der Waals surface area (Å²) >= 11 is 9.41. The summed E-state index contributed by atoms with van der Waals surface area (Å²) in [6, 6.07) is 12.7. The molecule has 2 aromatic carbocycles. The van der Waals surface area contributed by atoms with Crippen LogP contribution in [-0.2, 0) is 6.54 Å². The number of amides is 2. The molecule has 3 rings (SSSR count). The first-order chi connectivity index (χ1) is 12.9. The molecular formula is C19H18BrClN4O2. The Morgan fingerprint density at radius 2 is 2.07 bits per heavy atom. The molecule has 6 nitrogen and oxygen atoms in total. The van der Waals surface area contributed by atoms with E-state index in [0.717, 1.165) is 5.56 Å². The van der Waals surface area contributed by atoms with E-state index in [9.17, 15) is 4.79 Å². The number of aromatic nitrogens is 2. The molecule has 2 amide bonds. The van der Waals surface area contributed by atoms with Crippen molar-refractivity contribution in [3.05, 3.63) is 69.3 Å². The predicted molar refractivity (Wildman–Crippen MR) is 111 cm³/mol. The molecule has 8 heteroatoms. The van der Waals surface area contributed by atoms with Crippen molar-refractivity contribution in [3.8, 4) is 5.75 Å². The molecule has 0 spiro atoms. The third-order valence-corrected chi connectivity index (χ3v) is 4.60. The van der Waals surface area contributed by atoms with Crippen LogP contribution in [-0.4, -0.2) is 22.9 Å². The molecular weight excluding hydrogens is 432 g/mol. The van der Waals surface area contributed by atoms with Gasteiger partial charge in [-0.15, -0.1) is 0 Å². The summed E-state index contributed by atoms with van der Waals surface area (Å²) in [7, 11) is 1.52. The number of anilines is 2. The van der Waals surface area contributed by atoms with Crippen LogP contribution in [0.15, 0.2) is 53.1 Å². The highest BCUT2D eigenvalue weighted by molar-refractivity contribution is 9.10. The Labute approximate surface area is 170 Å². The second-order valence-electron chi connectivity index (χ2n) is 5.94. The Balaban J connectivity index is 1.70. The molecule has 0 fully saturated rings. The highest BCUT2D eigenvalue weighted by Crippen LogP contribution is 2.28. The lowest BCUT2D eigenvalue weighted by atomic mass is 10.1. The van der Waals surface area contributed by atoms with Gasteiger partial charge in [-0.3, -0.25) is 10.00 Å². The van der Waals surface area contributed by atoms with Gasteiger partial charge in [-0.2, -0.15) is 5.10 Å². The average molecular weight is 450 g/mol. The number of methoxy groups -OCH3 is 1. The van der Waals surface area contributed by atoms with E-state index >= 15 is 0 Å². The van der Waals surface area contributed by atoms with Gasteiger partial charge in [-0.05, 0) is 46.6 Å². The fourth-order valence-corrected chi connectivity index (χ4v) is 3.19. The fraction of sp³-hybridized carbons (Fsp3) is 0.158. The van der Waals surface area contributed by atoms with Crippen molar-refractivity contribution in [2.75, 3.05) is 17.7 Å². The average Bonchev–Trinajstić information content (AvgIpc) is 2.94. The minimum absolute atomic E-state index is 0.418. The monoisotopic (exact) mass is 448 g/mol. The van der Waals surface area contributed by atoms with Crippen molar-refractivity contribution >= 4 is 45.1 Å². The first-order valence-electron chi connectivity index (χ1n) is 8.14. The Morgan fingerprint density at radius 1 is 1.26 bits per heavy atom. The summed E-state index contributed by atoms with van der Waals surface area (Å²) in [4.78, 5) is 12.3. The summed E-state index contributed by atoms with van der Waals surface area (Å²) in [5.74, 6) is 0.930. The highest BCUT2D eigenvalue weighted by Gasteiger charge is 2.13. The molecule has 0 bridgehead atoms. The van der Waals surface area contributed by atoms with E-state index in [2.05, 4.69) is 37.7 Å². The third kappa shape index (κ3) is 5.02. The largest absolute Gasteiger partial charge is 0.495 e. The van der Waals surface area contributed by atoms with Crippen molar-refractivity contribution in [3.63, 3.8) is 0 Å². The lowest BCUT2D eigenvalue weighted by Gasteiger charge is -2.10. The van der Waals surface area contributed by atoms with Crippen LogP contribution in [0.1, 0.15) is 11.1 Å². The maximum absolute atomic E-state index is 12.3. The zero-order chi connectivity index (χ0) is 19.4. The van der Waals surface area contributed by atoms with Gasteiger partial charge in [0.25, 0.3) is 0 Å². The number of halogens is 2. The molecule has 0 saturated heterocycles. The molecule has 0 saturated carbocycles. The van der Waals surface area contributed by atoms with Gasteiger partial charge >= 0.3 is 6.03 Å². The molecule has 0 aliphatic rings. The number of hydrogen-bond acceptors (Lipinski definition) is 3. The van der Waals surface area contributed by atoms with Gasteiger partial charge in [0.1, 0.15) is 5.75 Å². The standard InChI is InChI=1S/C19H18BrClN4O2/c1-12-4-3-5-13(8-12)10-25-11-15(20)18(24-25)23-19(26)22-16-9-14(21)6-7-17(16)27-2/h3-9,11H,10H2,1-2H3,(H2,22,23,24,26). The topological polar surface area (TPSA) is 68.2 Å². The van der Waals surface area contributed by atoms with E-state index in [4.69, 9.17) is 16.3 Å². The molecule has 0 aliphatic heterocycles. The van der Waals surface area contributed by atoms with Gasteiger partial charge in [0, 0.05) is 11.2 Å². The Kier molecular flexibility index (Phi) is 6.03. The van der Waals surface area contributed by atoms with Crippen LogP contribution in [0.3, 0.4) is 0 Å². The van der Waals surface area contributed by atoms with Gasteiger partial charge in [-0.1, -0.05) is 41.4 Å². The maximum Gasteiger partial charge on any atom is 0.325 e. The van der Waals surface area contributed by atoms with E-state index in [1.807, 2.05) is 31.3 Å². The number of urea groups is 1. The summed E-state index contributed by atoms with van der Waals surface area (Å²) in [6.45, 7) is 2.65. The second kappa shape index (κ2) is 8.45. The number of carbonyl (C=O) groups is 1. The smallest absolute Gasteiger partial charge is 0.325 e. The van der Waals surface area contributed by atoms with Crippen LogP contribution in [0.25, 0.3) is 0 Å². The lowest BCUT2D eigenvalue weighted by molar-refractivity contribution is 0.262. The fourth-order valence-electron chi connectivity index (χ4n) is 2.60. The Bertz CT molecular complexity index is 974. The first kappa shape index (κ1) is 19.3. The molecule has 3 aromatic rings. The van der Waals surface area contributed by atoms with Crippen molar-refractivity contribution in [2.24, 2.45) is 0 Å². The molecule has 1 aromatic heterocycles. The van der Waals surface area contributed by atoms with Crippen molar-refractivity contribution < 1.29 is 9.53 Å². The van der Waals surface area contributed by atoms with Crippen molar-refractivity contribution in [2.45, 2.75) is 13.5 Å². The molecule has 1 heterocycles. The first-order valence-corrected chi connectivity index (χ1v) is 9.32. The molecule has 27 heavy (non-hydrogen) atoms. The highest BCUT2D eigenvalue weighted by atomic mass is 79.9. The van der Waals surface area contributed by atoms with Crippen LogP contribution < -0.4 is 15.4 Å². The number of ether oxygens (including phenoxy) is 1. The molecule has 2 N–H and O–H groups in total. The third-order valence-electron chi connectivity index (χ3n) is 3.79. The quantitative estimate of drug-likeness (QED) is 0.555. The lowest BCUT2D eigenvalue weighted by Crippen LogP contribution is -2.20. The molecule has 0 atom stereocenters. The Morgan fingerprint density at radius 3 is 2.81 bits per heavy atom. The number of aryl methyl sites for hydroxylation is 1. The molecule has 0 radical (unpaired) electrons. The van der Waals surface area contributed by atoms with Gasteiger partial charge in [0.15, 0.2) is 5.82 Å². The zero-order valence-corrected chi connectivity index (χ0v) is 17.1.